The number of carbonyl (C=O) groups is 2. The van der Waals surface area contributed by atoms with Crippen LogP contribution in [0, 0.1) is 10.1 Å². The molecule has 1 atom stereocenters. The van der Waals surface area contributed by atoms with E-state index in [0.717, 1.165) is 58.0 Å². The van der Waals surface area contributed by atoms with E-state index < -0.39 is 10.9 Å². The van der Waals surface area contributed by atoms with Gasteiger partial charge < -0.3 is 14.5 Å². The maximum Gasteiger partial charge on any atom is 0.338 e. The molecule has 2 heterocycles. The number of amides is 1. The molecule has 0 bridgehead atoms. The molecule has 1 aromatic carbocycles. The first kappa shape index (κ1) is 21.1. The lowest BCUT2D eigenvalue weighted by atomic mass is 10.0. The Labute approximate surface area is 171 Å². The summed E-state index contributed by atoms with van der Waals surface area (Å²) in [6.45, 7) is 3.86. The summed E-state index contributed by atoms with van der Waals surface area (Å²) in [5.74, 6) is -0.935. The van der Waals surface area contributed by atoms with Gasteiger partial charge in [0.25, 0.3) is 11.6 Å². The summed E-state index contributed by atoms with van der Waals surface area (Å²) >= 11 is 0. The number of piperidine rings is 1. The van der Waals surface area contributed by atoms with E-state index >= 15 is 0 Å². The van der Waals surface area contributed by atoms with Gasteiger partial charge in [0.2, 0.25) is 0 Å². The minimum Gasteiger partial charge on any atom is -0.452 e. The number of likely N-dealkylation sites (tertiary alicyclic amines) is 1. The predicted octanol–water partition coefficient (Wildman–Crippen LogP) is 3.53. The molecule has 2 fully saturated rings. The summed E-state index contributed by atoms with van der Waals surface area (Å²) < 4.78 is 5.17. The molecule has 1 amide bonds. The summed E-state index contributed by atoms with van der Waals surface area (Å²) in [5.41, 5.74) is 0.527. The molecule has 3 rings (SSSR count). The van der Waals surface area contributed by atoms with Crippen molar-refractivity contribution in [1.29, 1.82) is 0 Å². The van der Waals surface area contributed by atoms with Crippen LogP contribution in [0.25, 0.3) is 0 Å². The minimum atomic E-state index is -0.714. The van der Waals surface area contributed by atoms with Gasteiger partial charge in [-0.2, -0.15) is 0 Å². The van der Waals surface area contributed by atoms with Crippen LogP contribution < -0.4 is 4.90 Å². The SMILES string of the molecule is C[C@H]1CCCCN1C(=O)COC(=O)c1ccc(N2CCCCCC2)c([N+](=O)[O-])c1. The number of anilines is 1. The molecule has 0 aliphatic carbocycles. The number of rotatable bonds is 5. The van der Waals surface area contributed by atoms with E-state index in [0.29, 0.717) is 12.2 Å². The Morgan fingerprint density at radius 2 is 1.79 bits per heavy atom. The molecule has 0 saturated carbocycles. The van der Waals surface area contributed by atoms with Gasteiger partial charge >= 0.3 is 5.97 Å². The summed E-state index contributed by atoms with van der Waals surface area (Å²) in [5, 5.41) is 11.6. The zero-order valence-corrected chi connectivity index (χ0v) is 17.0. The molecule has 8 nitrogen and oxygen atoms in total. The molecule has 0 unspecified atom stereocenters. The van der Waals surface area contributed by atoms with Crippen molar-refractivity contribution in [2.24, 2.45) is 0 Å². The molecule has 2 saturated heterocycles. The highest BCUT2D eigenvalue weighted by atomic mass is 16.6. The molecule has 0 spiro atoms. The number of carbonyl (C=O) groups excluding carboxylic acids is 2. The Hall–Kier alpha value is -2.64. The number of ether oxygens (including phenoxy) is 1. The largest absolute Gasteiger partial charge is 0.452 e. The lowest BCUT2D eigenvalue weighted by Crippen LogP contribution is -2.44. The molecular formula is C21H29N3O5. The summed E-state index contributed by atoms with van der Waals surface area (Å²) in [6.07, 6.45) is 7.24. The fourth-order valence-electron chi connectivity index (χ4n) is 4.14. The fraction of sp³-hybridized carbons (Fsp3) is 0.619. The van der Waals surface area contributed by atoms with E-state index in [9.17, 15) is 19.7 Å². The van der Waals surface area contributed by atoms with Crippen molar-refractivity contribution in [3.63, 3.8) is 0 Å². The van der Waals surface area contributed by atoms with Crippen LogP contribution in [0.5, 0.6) is 0 Å². The number of nitro benzene ring substituents is 1. The topological polar surface area (TPSA) is 93.0 Å². The highest BCUT2D eigenvalue weighted by Crippen LogP contribution is 2.31. The first-order valence-corrected chi connectivity index (χ1v) is 10.5. The quantitative estimate of drug-likeness (QED) is 0.424. The Morgan fingerprint density at radius 1 is 1.10 bits per heavy atom. The van der Waals surface area contributed by atoms with Crippen LogP contribution >= 0.6 is 0 Å². The number of esters is 1. The molecule has 29 heavy (non-hydrogen) atoms. The molecule has 0 aromatic heterocycles. The molecule has 1 aromatic rings. The Morgan fingerprint density at radius 3 is 2.45 bits per heavy atom. The number of nitrogens with zero attached hydrogens (tertiary/aromatic N) is 3. The van der Waals surface area contributed by atoms with Crippen molar-refractivity contribution in [3.05, 3.63) is 33.9 Å². The number of nitro groups is 1. The molecule has 0 radical (unpaired) electrons. The third kappa shape index (κ3) is 5.25. The maximum atomic E-state index is 12.4. The average molecular weight is 403 g/mol. The van der Waals surface area contributed by atoms with E-state index in [-0.39, 0.29) is 29.8 Å². The number of hydrogen-bond donors (Lipinski definition) is 0. The Bertz CT molecular complexity index is 759. The molecule has 2 aliphatic heterocycles. The first-order chi connectivity index (χ1) is 14.0. The first-order valence-electron chi connectivity index (χ1n) is 10.5. The summed E-state index contributed by atoms with van der Waals surface area (Å²) in [7, 11) is 0. The third-order valence-electron chi connectivity index (χ3n) is 5.80. The van der Waals surface area contributed by atoms with Crippen LogP contribution in [0.3, 0.4) is 0 Å². The highest BCUT2D eigenvalue weighted by molar-refractivity contribution is 5.93. The van der Waals surface area contributed by atoms with Gasteiger partial charge in [-0.1, -0.05) is 12.8 Å². The van der Waals surface area contributed by atoms with Crippen molar-refractivity contribution in [2.75, 3.05) is 31.1 Å². The standard InChI is InChI=1S/C21H29N3O5/c1-16-8-4-7-13-23(16)20(25)15-29-21(26)17-9-10-18(19(14-17)24(27)28)22-11-5-2-3-6-12-22/h9-10,14,16H,2-8,11-13,15H2,1H3/t16-/m0/s1. The lowest BCUT2D eigenvalue weighted by molar-refractivity contribution is -0.384. The van der Waals surface area contributed by atoms with E-state index in [2.05, 4.69) is 0 Å². The highest BCUT2D eigenvalue weighted by Gasteiger charge is 2.26. The number of benzene rings is 1. The Balaban J connectivity index is 1.68. The molecule has 0 N–H and O–H groups in total. The van der Waals surface area contributed by atoms with Crippen LogP contribution in [-0.4, -0.2) is 54.0 Å². The van der Waals surface area contributed by atoms with Crippen LogP contribution in [0.4, 0.5) is 11.4 Å². The zero-order chi connectivity index (χ0) is 20.8. The van der Waals surface area contributed by atoms with E-state index in [1.807, 2.05) is 11.8 Å². The van der Waals surface area contributed by atoms with E-state index in [4.69, 9.17) is 4.74 Å². The summed E-state index contributed by atoms with van der Waals surface area (Å²) in [6, 6.07) is 4.57. The second kappa shape index (κ2) is 9.71. The minimum absolute atomic E-state index is 0.0924. The molecular weight excluding hydrogens is 374 g/mol. The molecule has 8 heteroatoms. The van der Waals surface area contributed by atoms with Crippen LogP contribution in [-0.2, 0) is 9.53 Å². The second-order valence-electron chi connectivity index (χ2n) is 7.87. The summed E-state index contributed by atoms with van der Waals surface area (Å²) in [4.78, 5) is 39.6. The smallest absolute Gasteiger partial charge is 0.338 e. The van der Waals surface area contributed by atoms with Gasteiger partial charge in [-0.15, -0.1) is 0 Å². The normalized spacial score (nSPS) is 20.1. The van der Waals surface area contributed by atoms with Gasteiger partial charge in [0.05, 0.1) is 10.5 Å². The average Bonchev–Trinajstić information content (AvgIpc) is 3.01. The van der Waals surface area contributed by atoms with Crippen LogP contribution in [0.15, 0.2) is 18.2 Å². The van der Waals surface area contributed by atoms with Gasteiger partial charge in [-0.25, -0.2) is 4.79 Å². The van der Waals surface area contributed by atoms with E-state index in [1.54, 1.807) is 17.0 Å². The van der Waals surface area contributed by atoms with E-state index in [1.165, 1.54) is 6.07 Å². The van der Waals surface area contributed by atoms with Crippen molar-refractivity contribution in [3.8, 4) is 0 Å². The van der Waals surface area contributed by atoms with Gasteiger partial charge in [0.15, 0.2) is 6.61 Å². The third-order valence-corrected chi connectivity index (χ3v) is 5.80. The van der Waals surface area contributed by atoms with Crippen molar-refractivity contribution in [2.45, 2.75) is 57.9 Å². The van der Waals surface area contributed by atoms with Gasteiger partial charge in [-0.05, 0) is 51.2 Å². The monoisotopic (exact) mass is 403 g/mol. The van der Waals surface area contributed by atoms with Crippen LogP contribution in [0.1, 0.15) is 62.2 Å². The van der Waals surface area contributed by atoms with Crippen molar-refractivity contribution >= 4 is 23.3 Å². The molecule has 158 valence electrons. The molecule has 2 aliphatic rings. The Kier molecular flexibility index (Phi) is 7.06. The van der Waals surface area contributed by atoms with Gasteiger partial charge in [0.1, 0.15) is 5.69 Å². The fourth-order valence-corrected chi connectivity index (χ4v) is 4.14. The van der Waals surface area contributed by atoms with Crippen molar-refractivity contribution < 1.29 is 19.2 Å². The predicted molar refractivity (Wildman–Crippen MR) is 109 cm³/mol. The zero-order valence-electron chi connectivity index (χ0n) is 17.0. The number of hydrogen-bond acceptors (Lipinski definition) is 6. The maximum absolute atomic E-state index is 12.4. The lowest BCUT2D eigenvalue weighted by Gasteiger charge is -2.33. The van der Waals surface area contributed by atoms with Gasteiger partial charge in [0, 0.05) is 31.7 Å². The van der Waals surface area contributed by atoms with Crippen molar-refractivity contribution in [1.82, 2.24) is 4.90 Å². The second-order valence-corrected chi connectivity index (χ2v) is 7.87. The van der Waals surface area contributed by atoms with Crippen LogP contribution in [0.2, 0.25) is 0 Å². The van der Waals surface area contributed by atoms with Gasteiger partial charge in [-0.3, -0.25) is 14.9 Å².